The molecule has 0 bridgehead atoms. The number of aromatic nitrogens is 2. The first kappa shape index (κ1) is 20.5. The van der Waals surface area contributed by atoms with Crippen molar-refractivity contribution in [2.45, 2.75) is 58.5 Å². The molecule has 4 rings (SSSR count). The molecule has 0 unspecified atom stereocenters. The van der Waals surface area contributed by atoms with Crippen LogP contribution in [0.25, 0.3) is 10.1 Å². The summed E-state index contributed by atoms with van der Waals surface area (Å²) in [6.45, 7) is 4.50. The van der Waals surface area contributed by atoms with Crippen LogP contribution in [0.15, 0.2) is 28.9 Å². The molecule has 30 heavy (non-hydrogen) atoms. The summed E-state index contributed by atoms with van der Waals surface area (Å²) in [6.07, 6.45) is 4.95. The quantitative estimate of drug-likeness (QED) is 0.669. The van der Waals surface area contributed by atoms with E-state index in [9.17, 15) is 9.59 Å². The van der Waals surface area contributed by atoms with E-state index in [2.05, 4.69) is 21.7 Å². The number of likely N-dealkylation sites (tertiary alicyclic amines) is 1. The predicted molar refractivity (Wildman–Crippen MR) is 115 cm³/mol. The summed E-state index contributed by atoms with van der Waals surface area (Å²) in [6, 6.07) is 8.22. The first-order chi connectivity index (χ1) is 14.5. The Balaban J connectivity index is 1.63. The summed E-state index contributed by atoms with van der Waals surface area (Å²) in [4.78, 5) is 28.1. The van der Waals surface area contributed by atoms with Gasteiger partial charge in [-0.25, -0.2) is 4.63 Å². The fourth-order valence-electron chi connectivity index (χ4n) is 4.18. The number of hydrogen-bond acceptors (Lipinski definition) is 6. The molecule has 0 spiro atoms. The molecule has 0 saturated carbocycles. The van der Waals surface area contributed by atoms with Crippen LogP contribution in [0.4, 0.5) is 0 Å². The van der Waals surface area contributed by atoms with Gasteiger partial charge in [0.25, 0.3) is 5.91 Å². The second kappa shape index (κ2) is 8.95. The van der Waals surface area contributed by atoms with E-state index < -0.39 is 0 Å². The van der Waals surface area contributed by atoms with Crippen molar-refractivity contribution in [3.8, 4) is 0 Å². The molecule has 1 atom stereocenters. The number of amides is 2. The number of benzene rings is 1. The Labute approximate surface area is 179 Å². The van der Waals surface area contributed by atoms with Crippen LogP contribution in [0.3, 0.4) is 0 Å². The van der Waals surface area contributed by atoms with Gasteiger partial charge in [0, 0.05) is 24.2 Å². The molecule has 1 aliphatic rings. The summed E-state index contributed by atoms with van der Waals surface area (Å²) < 4.78 is 5.80. The molecule has 1 fully saturated rings. The lowest BCUT2D eigenvalue weighted by Gasteiger charge is -2.29. The van der Waals surface area contributed by atoms with E-state index in [0.29, 0.717) is 22.7 Å². The Hall–Kier alpha value is -2.74. The zero-order chi connectivity index (χ0) is 21.1. The number of aryl methyl sites for hydroxylation is 1. The van der Waals surface area contributed by atoms with Gasteiger partial charge in [-0.05, 0) is 43.2 Å². The standard InChI is InChI=1S/C22H26N4O3S/c1-14-19(25-29-24-14)13-23-22(28)21-18(17-9-5-6-10-20(17)30-21)12-16-8-4-3-7-11-26(16)15(2)27/h5-6,9-10,16H,3-4,7-8,11-13H2,1-2H3,(H,23,28)/t16-/m1/s1. The highest BCUT2D eigenvalue weighted by atomic mass is 32.1. The second-order valence-electron chi connectivity index (χ2n) is 7.80. The minimum absolute atomic E-state index is 0.112. The topological polar surface area (TPSA) is 88.3 Å². The SMILES string of the molecule is CC(=O)N1CCCCC[C@@H]1Cc1c(C(=O)NCc2nonc2C)sc2ccccc12. The molecule has 0 aliphatic carbocycles. The van der Waals surface area contributed by atoms with Crippen LogP contribution >= 0.6 is 11.3 Å². The van der Waals surface area contributed by atoms with Crippen LogP contribution in [-0.4, -0.2) is 39.6 Å². The largest absolute Gasteiger partial charge is 0.345 e. The normalized spacial score (nSPS) is 17.1. The molecule has 2 amide bonds. The zero-order valence-corrected chi connectivity index (χ0v) is 18.1. The summed E-state index contributed by atoms with van der Waals surface area (Å²) in [5, 5.41) is 11.6. The van der Waals surface area contributed by atoms with Gasteiger partial charge in [0.05, 0.1) is 11.4 Å². The lowest BCUT2D eigenvalue weighted by atomic mass is 9.98. The summed E-state index contributed by atoms with van der Waals surface area (Å²) >= 11 is 1.50. The summed E-state index contributed by atoms with van der Waals surface area (Å²) in [7, 11) is 0. The number of thiophene rings is 1. The minimum atomic E-state index is -0.128. The monoisotopic (exact) mass is 426 g/mol. The Bertz CT molecular complexity index is 1060. The zero-order valence-electron chi connectivity index (χ0n) is 17.3. The number of carbonyl (C=O) groups is 2. The predicted octanol–water partition coefficient (Wildman–Crippen LogP) is 3.86. The van der Waals surface area contributed by atoms with Gasteiger partial charge in [-0.3, -0.25) is 9.59 Å². The second-order valence-corrected chi connectivity index (χ2v) is 8.86. The highest BCUT2D eigenvalue weighted by Gasteiger charge is 2.27. The van der Waals surface area contributed by atoms with Gasteiger partial charge in [0.15, 0.2) is 0 Å². The van der Waals surface area contributed by atoms with Crippen molar-refractivity contribution < 1.29 is 14.2 Å². The Morgan fingerprint density at radius 2 is 2.07 bits per heavy atom. The molecule has 0 radical (unpaired) electrons. The highest BCUT2D eigenvalue weighted by molar-refractivity contribution is 7.21. The Morgan fingerprint density at radius 3 is 2.83 bits per heavy atom. The van der Waals surface area contributed by atoms with Gasteiger partial charge in [0.1, 0.15) is 11.4 Å². The van der Waals surface area contributed by atoms with E-state index >= 15 is 0 Å². The van der Waals surface area contributed by atoms with Crippen LogP contribution in [0.2, 0.25) is 0 Å². The van der Waals surface area contributed by atoms with E-state index in [0.717, 1.165) is 47.9 Å². The van der Waals surface area contributed by atoms with Crippen molar-refractivity contribution in [3.05, 3.63) is 46.1 Å². The molecule has 3 heterocycles. The fourth-order valence-corrected chi connectivity index (χ4v) is 5.33. The third-order valence-corrected chi connectivity index (χ3v) is 7.00. The smallest absolute Gasteiger partial charge is 0.261 e. The maximum Gasteiger partial charge on any atom is 0.261 e. The van der Waals surface area contributed by atoms with Crippen LogP contribution in [0, 0.1) is 6.92 Å². The number of fused-ring (bicyclic) bond motifs is 1. The van der Waals surface area contributed by atoms with Crippen molar-refractivity contribution in [2.75, 3.05) is 6.54 Å². The molecule has 8 heteroatoms. The molecule has 1 N–H and O–H groups in total. The molecular formula is C22H26N4O3S. The number of hydrogen-bond donors (Lipinski definition) is 1. The lowest BCUT2D eigenvalue weighted by molar-refractivity contribution is -0.131. The summed E-state index contributed by atoms with van der Waals surface area (Å²) in [5.74, 6) is -0.0157. The number of nitrogens with zero attached hydrogens (tertiary/aromatic N) is 3. The van der Waals surface area contributed by atoms with Crippen LogP contribution in [0.5, 0.6) is 0 Å². The first-order valence-corrected chi connectivity index (χ1v) is 11.2. The fraction of sp³-hybridized carbons (Fsp3) is 0.455. The van der Waals surface area contributed by atoms with Crippen LogP contribution in [0.1, 0.15) is 59.2 Å². The molecule has 1 saturated heterocycles. The Kier molecular flexibility index (Phi) is 6.13. The lowest BCUT2D eigenvalue weighted by Crippen LogP contribution is -2.40. The van der Waals surface area contributed by atoms with Crippen LogP contribution in [-0.2, 0) is 17.8 Å². The van der Waals surface area contributed by atoms with E-state index in [1.165, 1.54) is 11.3 Å². The van der Waals surface area contributed by atoms with Crippen molar-refractivity contribution >= 4 is 33.2 Å². The van der Waals surface area contributed by atoms with E-state index in [1.807, 2.05) is 23.1 Å². The van der Waals surface area contributed by atoms with Gasteiger partial charge in [0.2, 0.25) is 5.91 Å². The first-order valence-electron chi connectivity index (χ1n) is 10.4. The molecule has 158 valence electrons. The van der Waals surface area contributed by atoms with Gasteiger partial charge in [-0.1, -0.05) is 41.4 Å². The summed E-state index contributed by atoms with van der Waals surface area (Å²) in [5.41, 5.74) is 2.32. The van der Waals surface area contributed by atoms with E-state index in [-0.39, 0.29) is 24.4 Å². The molecular weight excluding hydrogens is 400 g/mol. The minimum Gasteiger partial charge on any atom is -0.345 e. The molecule has 7 nitrogen and oxygen atoms in total. The van der Waals surface area contributed by atoms with E-state index in [1.54, 1.807) is 13.8 Å². The average molecular weight is 427 g/mol. The molecule has 1 aliphatic heterocycles. The van der Waals surface area contributed by atoms with Crippen molar-refractivity contribution in [1.82, 2.24) is 20.5 Å². The maximum absolute atomic E-state index is 13.1. The third-order valence-electron chi connectivity index (χ3n) is 5.79. The average Bonchev–Trinajstić information content (AvgIpc) is 3.22. The molecule has 1 aromatic carbocycles. The highest BCUT2D eigenvalue weighted by Crippen LogP contribution is 2.34. The number of nitrogens with one attached hydrogen (secondary N) is 1. The number of rotatable bonds is 5. The van der Waals surface area contributed by atoms with Crippen molar-refractivity contribution in [1.29, 1.82) is 0 Å². The Morgan fingerprint density at radius 1 is 1.23 bits per heavy atom. The van der Waals surface area contributed by atoms with E-state index in [4.69, 9.17) is 4.63 Å². The molecule has 2 aromatic heterocycles. The van der Waals surface area contributed by atoms with Gasteiger partial charge in [-0.2, -0.15) is 0 Å². The van der Waals surface area contributed by atoms with Crippen LogP contribution < -0.4 is 5.32 Å². The number of carbonyl (C=O) groups excluding carboxylic acids is 2. The maximum atomic E-state index is 13.1. The van der Waals surface area contributed by atoms with Gasteiger partial charge >= 0.3 is 0 Å². The van der Waals surface area contributed by atoms with Gasteiger partial charge < -0.3 is 10.2 Å². The van der Waals surface area contributed by atoms with Crippen molar-refractivity contribution in [2.24, 2.45) is 0 Å². The third kappa shape index (κ3) is 4.23. The molecule has 3 aromatic rings. The van der Waals surface area contributed by atoms with Gasteiger partial charge in [-0.15, -0.1) is 11.3 Å². The van der Waals surface area contributed by atoms with Crippen molar-refractivity contribution in [3.63, 3.8) is 0 Å².